The molecule has 65 heavy (non-hydrogen) atoms. The summed E-state index contributed by atoms with van der Waals surface area (Å²) in [6, 6.07) is 0. The van der Waals surface area contributed by atoms with Crippen LogP contribution in [0.5, 0.6) is 0 Å². The molecule has 0 fully saturated rings. The average molecular weight is 903 g/mol. The van der Waals surface area contributed by atoms with E-state index >= 15 is 0 Å². The minimum atomic E-state index is -0.816. The molecular weight excluding hydrogens is 805 g/mol. The fraction of sp³-hybridized carbons (Fsp3) is 0.678. The molecule has 0 spiro atoms. The third kappa shape index (κ3) is 51.2. The van der Waals surface area contributed by atoms with Crippen molar-refractivity contribution in [2.45, 2.75) is 245 Å². The van der Waals surface area contributed by atoms with E-state index in [1.165, 1.54) is 103 Å². The summed E-state index contributed by atoms with van der Waals surface area (Å²) < 4.78 is 16.7. The van der Waals surface area contributed by atoms with Crippen molar-refractivity contribution in [1.29, 1.82) is 0 Å². The minimum absolute atomic E-state index is 0.112. The van der Waals surface area contributed by atoms with E-state index in [0.29, 0.717) is 19.3 Å². The highest BCUT2D eigenvalue weighted by Gasteiger charge is 2.19. The van der Waals surface area contributed by atoms with Gasteiger partial charge in [-0.3, -0.25) is 14.4 Å². The largest absolute Gasteiger partial charge is 0.462 e. The second-order valence-corrected chi connectivity index (χ2v) is 17.5. The van der Waals surface area contributed by atoms with E-state index in [-0.39, 0.29) is 37.5 Å². The number of hydrogen-bond acceptors (Lipinski definition) is 6. The summed E-state index contributed by atoms with van der Waals surface area (Å²) in [5.41, 5.74) is 0. The fourth-order valence-corrected chi connectivity index (χ4v) is 7.11. The Balaban J connectivity index is 4.51. The molecule has 0 heterocycles. The van der Waals surface area contributed by atoms with Gasteiger partial charge in [-0.1, -0.05) is 234 Å². The SMILES string of the molecule is CCC/C=C/C=C/C=C/C=C/C=C/CCCCCCCC(=O)OCC(COC(=O)CC/C=C/C/C=C/CCCCCCCC)OC(=O)CCCCCCC/C=C/CCCCCCCCC. The number of hydrogen-bond donors (Lipinski definition) is 0. The Labute approximate surface area is 400 Å². The summed E-state index contributed by atoms with van der Waals surface area (Å²) >= 11 is 0. The molecule has 1 atom stereocenters. The molecule has 0 bridgehead atoms. The summed E-state index contributed by atoms with van der Waals surface area (Å²) in [6.07, 6.45) is 69.7. The van der Waals surface area contributed by atoms with Gasteiger partial charge >= 0.3 is 17.9 Å². The summed E-state index contributed by atoms with van der Waals surface area (Å²) in [5, 5.41) is 0. The number of rotatable bonds is 47. The lowest BCUT2D eigenvalue weighted by Gasteiger charge is -2.18. The van der Waals surface area contributed by atoms with Gasteiger partial charge in [0.1, 0.15) is 13.2 Å². The van der Waals surface area contributed by atoms with Crippen LogP contribution in [0.25, 0.3) is 0 Å². The summed E-state index contributed by atoms with van der Waals surface area (Å²) in [5.74, 6) is -1.01. The van der Waals surface area contributed by atoms with Crippen molar-refractivity contribution in [3.63, 3.8) is 0 Å². The monoisotopic (exact) mass is 903 g/mol. The van der Waals surface area contributed by atoms with Gasteiger partial charge in [-0.05, 0) is 83.5 Å². The maximum atomic E-state index is 12.8. The molecule has 0 radical (unpaired) electrons. The molecule has 0 aromatic rings. The fourth-order valence-electron chi connectivity index (χ4n) is 7.11. The molecule has 0 aromatic heterocycles. The molecule has 0 amide bonds. The Bertz CT molecular complexity index is 1310. The van der Waals surface area contributed by atoms with Crippen molar-refractivity contribution < 1.29 is 28.6 Å². The average Bonchev–Trinajstić information content (AvgIpc) is 3.30. The van der Waals surface area contributed by atoms with Gasteiger partial charge in [-0.2, -0.15) is 0 Å². The Morgan fingerprint density at radius 2 is 0.677 bits per heavy atom. The van der Waals surface area contributed by atoms with Gasteiger partial charge in [-0.15, -0.1) is 0 Å². The van der Waals surface area contributed by atoms with Crippen molar-refractivity contribution >= 4 is 17.9 Å². The lowest BCUT2D eigenvalue weighted by Crippen LogP contribution is -2.30. The molecule has 6 heteroatoms. The third-order valence-corrected chi connectivity index (χ3v) is 11.2. The van der Waals surface area contributed by atoms with Crippen molar-refractivity contribution in [1.82, 2.24) is 0 Å². The maximum Gasteiger partial charge on any atom is 0.306 e. The van der Waals surface area contributed by atoms with Gasteiger partial charge in [0.15, 0.2) is 6.10 Å². The number of ether oxygens (including phenoxy) is 3. The number of carbonyl (C=O) groups is 3. The maximum absolute atomic E-state index is 12.8. The van der Waals surface area contributed by atoms with Crippen LogP contribution in [0.1, 0.15) is 239 Å². The van der Waals surface area contributed by atoms with Gasteiger partial charge in [-0.25, -0.2) is 0 Å². The first-order valence-corrected chi connectivity index (χ1v) is 26.8. The summed E-state index contributed by atoms with van der Waals surface area (Å²) in [6.45, 7) is 6.45. The van der Waals surface area contributed by atoms with Crippen LogP contribution in [0.2, 0.25) is 0 Å². The smallest absolute Gasteiger partial charge is 0.306 e. The van der Waals surface area contributed by atoms with Crippen LogP contribution in [0, 0.1) is 0 Å². The first kappa shape index (κ1) is 61.3. The van der Waals surface area contributed by atoms with E-state index in [0.717, 1.165) is 89.9 Å². The van der Waals surface area contributed by atoms with Crippen LogP contribution in [0.15, 0.2) is 97.2 Å². The number of esters is 3. The quantitative estimate of drug-likeness (QED) is 0.0199. The Hall–Kier alpha value is -3.67. The minimum Gasteiger partial charge on any atom is -0.462 e. The summed E-state index contributed by atoms with van der Waals surface area (Å²) in [4.78, 5) is 38.0. The molecule has 370 valence electrons. The topological polar surface area (TPSA) is 78.9 Å². The lowest BCUT2D eigenvalue weighted by molar-refractivity contribution is -0.166. The molecule has 6 nitrogen and oxygen atoms in total. The predicted molar refractivity (Wildman–Crippen MR) is 279 cm³/mol. The molecular formula is C59H98O6. The molecule has 0 saturated heterocycles. The van der Waals surface area contributed by atoms with Crippen LogP contribution in [-0.2, 0) is 28.6 Å². The molecule has 0 aliphatic heterocycles. The van der Waals surface area contributed by atoms with Gasteiger partial charge in [0, 0.05) is 19.3 Å². The van der Waals surface area contributed by atoms with Crippen LogP contribution in [0.3, 0.4) is 0 Å². The Morgan fingerprint density at radius 3 is 1.15 bits per heavy atom. The Morgan fingerprint density at radius 1 is 0.323 bits per heavy atom. The van der Waals surface area contributed by atoms with E-state index in [1.54, 1.807) is 0 Å². The van der Waals surface area contributed by atoms with E-state index < -0.39 is 6.10 Å². The van der Waals surface area contributed by atoms with Gasteiger partial charge in [0.2, 0.25) is 0 Å². The number of carbonyl (C=O) groups excluding carboxylic acids is 3. The molecule has 0 aromatic carbocycles. The molecule has 0 N–H and O–H groups in total. The molecule has 0 rings (SSSR count). The second kappa shape index (κ2) is 52.9. The van der Waals surface area contributed by atoms with Gasteiger partial charge in [0.05, 0.1) is 0 Å². The normalized spacial score (nSPS) is 12.8. The Kier molecular flexibility index (Phi) is 50.0. The van der Waals surface area contributed by atoms with Gasteiger partial charge in [0.25, 0.3) is 0 Å². The zero-order chi connectivity index (χ0) is 47.2. The van der Waals surface area contributed by atoms with Crippen LogP contribution in [-0.4, -0.2) is 37.2 Å². The van der Waals surface area contributed by atoms with E-state index in [4.69, 9.17) is 14.2 Å². The van der Waals surface area contributed by atoms with Crippen molar-refractivity contribution in [2.24, 2.45) is 0 Å². The number of allylic oxidation sites excluding steroid dienone is 16. The highest BCUT2D eigenvalue weighted by atomic mass is 16.6. The van der Waals surface area contributed by atoms with E-state index in [9.17, 15) is 14.4 Å². The van der Waals surface area contributed by atoms with Crippen molar-refractivity contribution in [3.05, 3.63) is 97.2 Å². The van der Waals surface area contributed by atoms with Crippen LogP contribution >= 0.6 is 0 Å². The van der Waals surface area contributed by atoms with Crippen LogP contribution < -0.4 is 0 Å². The molecule has 0 aliphatic carbocycles. The second-order valence-electron chi connectivity index (χ2n) is 17.5. The first-order chi connectivity index (χ1) is 32.0. The lowest BCUT2D eigenvalue weighted by atomic mass is 10.1. The van der Waals surface area contributed by atoms with Crippen LogP contribution in [0.4, 0.5) is 0 Å². The third-order valence-electron chi connectivity index (χ3n) is 11.2. The molecule has 1 unspecified atom stereocenters. The van der Waals surface area contributed by atoms with Gasteiger partial charge < -0.3 is 14.2 Å². The number of unbranched alkanes of at least 4 members (excludes halogenated alkanes) is 24. The predicted octanol–water partition coefficient (Wildman–Crippen LogP) is 17.8. The highest BCUT2D eigenvalue weighted by molar-refractivity contribution is 5.71. The zero-order valence-electron chi connectivity index (χ0n) is 42.2. The van der Waals surface area contributed by atoms with Crippen molar-refractivity contribution in [3.8, 4) is 0 Å². The van der Waals surface area contributed by atoms with Crippen molar-refractivity contribution in [2.75, 3.05) is 13.2 Å². The van der Waals surface area contributed by atoms with E-state index in [2.05, 4.69) is 87.6 Å². The summed E-state index contributed by atoms with van der Waals surface area (Å²) in [7, 11) is 0. The standard InChI is InChI=1S/C59H98O6/c1-4-7-10-13-16-19-22-25-27-29-30-32-34-37-40-43-46-49-52-58(61)64-55-56(54-63-57(60)51-48-45-42-39-36-33-24-21-18-15-12-9-6-3)65-59(62)53-50-47-44-41-38-35-31-28-26-23-20-17-14-11-8-5-2/h10,13,16,19,22,25,27-33,36,42,45,56H,4-9,11-12,14-15,17-18,20-21,23-24,26,34-35,37-41,43-44,46-55H2,1-3H3/b13-10+,19-16+,25-22+,29-27+,31-28+,32-30+,36-33+,45-42+. The molecule has 0 saturated carbocycles. The first-order valence-electron chi connectivity index (χ1n) is 26.8. The zero-order valence-corrected chi connectivity index (χ0v) is 42.2. The highest BCUT2D eigenvalue weighted by Crippen LogP contribution is 2.13. The molecule has 0 aliphatic rings. The van der Waals surface area contributed by atoms with E-state index in [1.807, 2.05) is 30.4 Å².